The van der Waals surface area contributed by atoms with Gasteiger partial charge in [0.15, 0.2) is 0 Å². The summed E-state index contributed by atoms with van der Waals surface area (Å²) in [5, 5.41) is 19.1. The van der Waals surface area contributed by atoms with Crippen LogP contribution in [0.2, 0.25) is 0 Å². The average Bonchev–Trinajstić information content (AvgIpc) is 2.36. The minimum absolute atomic E-state index is 0.229. The van der Waals surface area contributed by atoms with E-state index in [4.69, 9.17) is 0 Å². The van der Waals surface area contributed by atoms with Gasteiger partial charge in [0.1, 0.15) is 23.2 Å². The number of phenolic OH excluding ortho intramolecular Hbond substituents is 1. The molecule has 0 saturated carbocycles. The number of carbonyl (C=O) groups excluding carboxylic acids is 1. The quantitative estimate of drug-likeness (QED) is 0.877. The number of aliphatic carboxylic acids is 1. The number of carboxylic acids is 1. The maximum absolute atomic E-state index is 13.8. The van der Waals surface area contributed by atoms with E-state index in [0.29, 0.717) is 12.8 Å². The third-order valence-electron chi connectivity index (χ3n) is 3.97. The van der Waals surface area contributed by atoms with Gasteiger partial charge in [-0.25, -0.2) is 9.18 Å². The first kappa shape index (κ1) is 15.3. The summed E-state index contributed by atoms with van der Waals surface area (Å²) in [7, 11) is 0. The van der Waals surface area contributed by atoms with Gasteiger partial charge in [-0.1, -0.05) is 19.9 Å². The van der Waals surface area contributed by atoms with Gasteiger partial charge in [-0.2, -0.15) is 0 Å². The van der Waals surface area contributed by atoms with Crippen molar-refractivity contribution in [3.8, 4) is 5.75 Å². The molecule has 0 bridgehead atoms. The molecule has 1 fully saturated rings. The van der Waals surface area contributed by atoms with Crippen LogP contribution in [0.4, 0.5) is 4.39 Å². The summed E-state index contributed by atoms with van der Waals surface area (Å²) in [6, 6.07) is 2.52. The molecule has 1 aliphatic heterocycles. The van der Waals surface area contributed by atoms with Crippen molar-refractivity contribution in [3.05, 3.63) is 29.6 Å². The molecule has 2 rings (SSSR count). The van der Waals surface area contributed by atoms with Gasteiger partial charge >= 0.3 is 5.97 Å². The summed E-state index contributed by atoms with van der Waals surface area (Å²) >= 11 is 0. The summed E-state index contributed by atoms with van der Waals surface area (Å²) < 4.78 is 13.8. The number of piperidine rings is 1. The Balaban J connectivity index is 2.44. The third kappa shape index (κ3) is 2.70. The van der Waals surface area contributed by atoms with Crippen LogP contribution >= 0.6 is 0 Å². The maximum atomic E-state index is 13.8. The zero-order chi connectivity index (χ0) is 15.8. The Bertz CT molecular complexity index is 565. The van der Waals surface area contributed by atoms with Crippen LogP contribution in [-0.4, -0.2) is 39.6 Å². The van der Waals surface area contributed by atoms with Gasteiger partial charge in [0.2, 0.25) is 0 Å². The molecule has 1 aliphatic rings. The number of amides is 1. The Kier molecular flexibility index (Phi) is 3.89. The molecule has 1 amide bonds. The number of rotatable bonds is 2. The Labute approximate surface area is 122 Å². The van der Waals surface area contributed by atoms with Crippen molar-refractivity contribution in [1.29, 1.82) is 0 Å². The molecular weight excluding hydrogens is 277 g/mol. The SMILES string of the molecule is CC1(C)CCCN(C(=O)c2c(O)cccc2F)C1C(=O)O. The first-order chi connectivity index (χ1) is 9.75. The van der Waals surface area contributed by atoms with Crippen LogP contribution in [0.3, 0.4) is 0 Å². The standard InChI is InChI=1S/C15H18FNO4/c1-15(2)7-4-8-17(12(15)14(20)21)13(19)11-9(16)5-3-6-10(11)18/h3,5-6,12,18H,4,7-8H2,1-2H3,(H,20,21). The second-order valence-electron chi connectivity index (χ2n) is 5.97. The van der Waals surface area contributed by atoms with Gasteiger partial charge in [-0.05, 0) is 30.4 Å². The summed E-state index contributed by atoms with van der Waals surface area (Å²) in [6.07, 6.45) is 1.30. The van der Waals surface area contributed by atoms with E-state index in [9.17, 15) is 24.2 Å². The largest absolute Gasteiger partial charge is 0.507 e. The number of halogens is 1. The highest BCUT2D eigenvalue weighted by Crippen LogP contribution is 2.37. The van der Waals surface area contributed by atoms with Crippen molar-refractivity contribution < 1.29 is 24.2 Å². The lowest BCUT2D eigenvalue weighted by molar-refractivity contribution is -0.148. The Morgan fingerprint density at radius 2 is 2.05 bits per heavy atom. The van der Waals surface area contributed by atoms with Gasteiger partial charge in [0, 0.05) is 6.54 Å². The normalized spacial score (nSPS) is 21.1. The fourth-order valence-electron chi connectivity index (χ4n) is 2.95. The number of hydrogen-bond acceptors (Lipinski definition) is 3. The van der Waals surface area contributed by atoms with Crippen molar-refractivity contribution in [3.63, 3.8) is 0 Å². The van der Waals surface area contributed by atoms with Gasteiger partial charge in [0.25, 0.3) is 5.91 Å². The topological polar surface area (TPSA) is 77.8 Å². The predicted molar refractivity (Wildman–Crippen MR) is 73.5 cm³/mol. The first-order valence-electron chi connectivity index (χ1n) is 6.77. The van der Waals surface area contributed by atoms with E-state index in [2.05, 4.69) is 0 Å². The van der Waals surface area contributed by atoms with E-state index in [1.807, 2.05) is 0 Å². The van der Waals surface area contributed by atoms with E-state index >= 15 is 0 Å². The molecular formula is C15H18FNO4. The van der Waals surface area contributed by atoms with Crippen LogP contribution < -0.4 is 0 Å². The molecule has 1 saturated heterocycles. The fraction of sp³-hybridized carbons (Fsp3) is 0.467. The molecule has 114 valence electrons. The third-order valence-corrected chi connectivity index (χ3v) is 3.97. The van der Waals surface area contributed by atoms with Crippen molar-refractivity contribution in [2.45, 2.75) is 32.7 Å². The number of likely N-dealkylation sites (tertiary alicyclic amines) is 1. The van der Waals surface area contributed by atoms with Gasteiger partial charge in [0.05, 0.1) is 0 Å². The lowest BCUT2D eigenvalue weighted by Crippen LogP contribution is -2.56. The van der Waals surface area contributed by atoms with Crippen LogP contribution in [0.15, 0.2) is 18.2 Å². The first-order valence-corrected chi connectivity index (χ1v) is 6.77. The van der Waals surface area contributed by atoms with E-state index in [1.54, 1.807) is 13.8 Å². The van der Waals surface area contributed by atoms with Gasteiger partial charge in [-0.3, -0.25) is 4.79 Å². The molecule has 1 aromatic carbocycles. The molecule has 5 nitrogen and oxygen atoms in total. The van der Waals surface area contributed by atoms with Crippen LogP contribution in [0.1, 0.15) is 37.0 Å². The van der Waals surface area contributed by atoms with Crippen LogP contribution in [0, 0.1) is 11.2 Å². The lowest BCUT2D eigenvalue weighted by Gasteiger charge is -2.44. The maximum Gasteiger partial charge on any atom is 0.326 e. The Morgan fingerprint density at radius 3 is 2.62 bits per heavy atom. The van der Waals surface area contributed by atoms with E-state index in [0.717, 1.165) is 11.0 Å². The van der Waals surface area contributed by atoms with Crippen LogP contribution in [0.5, 0.6) is 5.75 Å². The molecule has 2 N–H and O–H groups in total. The minimum atomic E-state index is -1.12. The minimum Gasteiger partial charge on any atom is -0.507 e. The molecule has 1 atom stereocenters. The smallest absolute Gasteiger partial charge is 0.326 e. The predicted octanol–water partition coefficient (Wildman–Crippen LogP) is 2.25. The molecule has 0 aromatic heterocycles. The fourth-order valence-corrected chi connectivity index (χ4v) is 2.95. The average molecular weight is 295 g/mol. The summed E-state index contributed by atoms with van der Waals surface area (Å²) in [5.41, 5.74) is -1.08. The van der Waals surface area contributed by atoms with Crippen molar-refractivity contribution in [1.82, 2.24) is 4.90 Å². The second kappa shape index (κ2) is 5.35. The Hall–Kier alpha value is -2.11. The molecule has 0 aliphatic carbocycles. The highest BCUT2D eigenvalue weighted by atomic mass is 19.1. The molecule has 0 radical (unpaired) electrons. The zero-order valence-corrected chi connectivity index (χ0v) is 12.0. The zero-order valence-electron chi connectivity index (χ0n) is 12.0. The second-order valence-corrected chi connectivity index (χ2v) is 5.97. The number of aromatic hydroxyl groups is 1. The molecule has 1 unspecified atom stereocenters. The molecule has 1 aromatic rings. The number of nitrogens with zero attached hydrogens (tertiary/aromatic N) is 1. The molecule has 21 heavy (non-hydrogen) atoms. The van der Waals surface area contributed by atoms with Crippen molar-refractivity contribution in [2.75, 3.05) is 6.54 Å². The van der Waals surface area contributed by atoms with Crippen molar-refractivity contribution >= 4 is 11.9 Å². The number of hydrogen-bond donors (Lipinski definition) is 2. The number of carboxylic acid groups (broad SMARTS) is 1. The van der Waals surface area contributed by atoms with Crippen LogP contribution in [-0.2, 0) is 4.79 Å². The summed E-state index contributed by atoms with van der Waals surface area (Å²) in [6.45, 7) is 3.77. The lowest BCUT2D eigenvalue weighted by atomic mass is 9.76. The summed E-state index contributed by atoms with van der Waals surface area (Å²) in [5.74, 6) is -3.24. The highest BCUT2D eigenvalue weighted by Gasteiger charge is 2.45. The summed E-state index contributed by atoms with van der Waals surface area (Å²) in [4.78, 5) is 25.2. The van der Waals surface area contributed by atoms with E-state index in [-0.39, 0.29) is 6.54 Å². The Morgan fingerprint density at radius 1 is 1.38 bits per heavy atom. The highest BCUT2D eigenvalue weighted by molar-refractivity contribution is 5.99. The number of carbonyl (C=O) groups is 2. The number of phenols is 1. The van der Waals surface area contributed by atoms with E-state index < -0.39 is 40.5 Å². The molecule has 6 heteroatoms. The van der Waals surface area contributed by atoms with Crippen LogP contribution in [0.25, 0.3) is 0 Å². The molecule has 1 heterocycles. The van der Waals surface area contributed by atoms with Gasteiger partial charge < -0.3 is 15.1 Å². The van der Waals surface area contributed by atoms with Crippen molar-refractivity contribution in [2.24, 2.45) is 5.41 Å². The van der Waals surface area contributed by atoms with E-state index in [1.165, 1.54) is 12.1 Å². The molecule has 0 spiro atoms. The number of benzene rings is 1. The monoisotopic (exact) mass is 295 g/mol. The van der Waals surface area contributed by atoms with Gasteiger partial charge in [-0.15, -0.1) is 0 Å².